The Balaban J connectivity index is 0.00000261. The Kier molecular flexibility index (Phi) is 10.3. The van der Waals surface area contributed by atoms with E-state index in [9.17, 15) is 0 Å². The molecule has 0 bridgehead atoms. The molecule has 1 aromatic carbocycles. The first-order valence-corrected chi connectivity index (χ1v) is 11.0. The number of rotatable bonds is 7. The number of thiazole rings is 1. The molecule has 1 aliphatic rings. The van der Waals surface area contributed by atoms with Crippen LogP contribution in [-0.4, -0.2) is 49.4 Å². The lowest BCUT2D eigenvalue weighted by Crippen LogP contribution is -2.51. The Labute approximate surface area is 187 Å². The van der Waals surface area contributed by atoms with Crippen LogP contribution in [0.2, 0.25) is 0 Å². The molecule has 148 valence electrons. The van der Waals surface area contributed by atoms with E-state index >= 15 is 0 Å². The van der Waals surface area contributed by atoms with Crippen molar-refractivity contribution in [2.24, 2.45) is 4.99 Å². The summed E-state index contributed by atoms with van der Waals surface area (Å²) in [7, 11) is 1.84. The number of thioether (sulfide) groups is 1. The van der Waals surface area contributed by atoms with Crippen molar-refractivity contribution in [3.8, 4) is 0 Å². The molecule has 5 nitrogen and oxygen atoms in total. The summed E-state index contributed by atoms with van der Waals surface area (Å²) < 4.78 is 1.15. The predicted molar refractivity (Wildman–Crippen MR) is 129 cm³/mol. The second kappa shape index (κ2) is 12.5. The van der Waals surface area contributed by atoms with Crippen LogP contribution in [0.4, 0.5) is 5.69 Å². The number of benzene rings is 1. The molecule has 1 aliphatic heterocycles. The Hall–Kier alpha value is -1.000. The summed E-state index contributed by atoms with van der Waals surface area (Å²) in [5.74, 6) is 1.98. The fraction of sp³-hybridized carbons (Fsp3) is 0.474. The normalized spacial score (nSPS) is 17.3. The number of halogens is 1. The summed E-state index contributed by atoms with van der Waals surface area (Å²) in [4.78, 5) is 11.1. The molecule has 1 atom stereocenters. The van der Waals surface area contributed by atoms with E-state index in [0.717, 1.165) is 42.1 Å². The number of guanidine groups is 1. The van der Waals surface area contributed by atoms with E-state index in [1.165, 1.54) is 18.5 Å². The first kappa shape index (κ1) is 22.3. The molecule has 1 unspecified atom stereocenters. The second-order valence-corrected chi connectivity index (χ2v) is 8.50. The van der Waals surface area contributed by atoms with E-state index in [2.05, 4.69) is 55.8 Å². The average molecular weight is 518 g/mol. The summed E-state index contributed by atoms with van der Waals surface area (Å²) >= 11 is 3.52. The number of nitrogens with zero attached hydrogens (tertiary/aromatic N) is 3. The minimum Gasteiger partial charge on any atom is -0.369 e. The molecule has 8 heteroatoms. The smallest absolute Gasteiger partial charge is 0.191 e. The second-order valence-electron chi connectivity index (χ2n) is 6.26. The predicted octanol–water partition coefficient (Wildman–Crippen LogP) is 4.08. The summed E-state index contributed by atoms with van der Waals surface area (Å²) in [6.07, 6.45) is 5.34. The number of hydrogen-bond donors (Lipinski definition) is 2. The molecule has 2 N–H and O–H groups in total. The van der Waals surface area contributed by atoms with Crippen LogP contribution in [0, 0.1) is 0 Å². The minimum atomic E-state index is 0. The highest BCUT2D eigenvalue weighted by molar-refractivity contribution is 14.0. The molecule has 1 fully saturated rings. The number of para-hydroxylation sites is 1. The van der Waals surface area contributed by atoms with Crippen molar-refractivity contribution >= 4 is 58.7 Å². The summed E-state index contributed by atoms with van der Waals surface area (Å²) in [5, 5.41) is 9.05. The minimum absolute atomic E-state index is 0. The Bertz CT molecular complexity index is 666. The van der Waals surface area contributed by atoms with Gasteiger partial charge in [-0.3, -0.25) is 4.99 Å². The average Bonchev–Trinajstić information content (AvgIpc) is 3.21. The number of hydrogen-bond acceptors (Lipinski definition) is 5. The van der Waals surface area contributed by atoms with Crippen LogP contribution in [0.3, 0.4) is 0 Å². The van der Waals surface area contributed by atoms with Gasteiger partial charge in [-0.25, -0.2) is 4.98 Å². The number of anilines is 1. The molecule has 0 aliphatic carbocycles. The third-order valence-corrected chi connectivity index (χ3v) is 6.41. The van der Waals surface area contributed by atoms with Crippen LogP contribution in [0.5, 0.6) is 0 Å². The van der Waals surface area contributed by atoms with Crippen LogP contribution in [-0.2, 0) is 0 Å². The molecular formula is C19H28IN5S2. The van der Waals surface area contributed by atoms with Gasteiger partial charge in [-0.15, -0.1) is 35.3 Å². The van der Waals surface area contributed by atoms with Crippen LogP contribution >= 0.6 is 47.1 Å². The zero-order valence-electron chi connectivity index (χ0n) is 15.6. The third-order valence-electron chi connectivity index (χ3n) is 4.36. The lowest BCUT2D eigenvalue weighted by molar-refractivity contribution is 0.468. The van der Waals surface area contributed by atoms with E-state index in [1.807, 2.05) is 30.4 Å². The maximum atomic E-state index is 4.39. The molecule has 0 spiro atoms. The van der Waals surface area contributed by atoms with Crippen molar-refractivity contribution in [1.29, 1.82) is 0 Å². The highest BCUT2D eigenvalue weighted by Gasteiger charge is 2.20. The maximum Gasteiger partial charge on any atom is 0.191 e. The van der Waals surface area contributed by atoms with E-state index in [1.54, 1.807) is 11.3 Å². The maximum absolute atomic E-state index is 4.39. The van der Waals surface area contributed by atoms with Gasteiger partial charge in [-0.1, -0.05) is 30.0 Å². The van der Waals surface area contributed by atoms with Gasteiger partial charge in [0.25, 0.3) is 0 Å². The lowest BCUT2D eigenvalue weighted by atomic mass is 10.1. The highest BCUT2D eigenvalue weighted by Crippen LogP contribution is 2.21. The Morgan fingerprint density at radius 1 is 1.37 bits per heavy atom. The number of nitrogens with one attached hydrogen (secondary N) is 2. The zero-order valence-corrected chi connectivity index (χ0v) is 19.6. The van der Waals surface area contributed by atoms with Crippen LogP contribution in [0.15, 0.2) is 51.2 Å². The molecule has 0 radical (unpaired) electrons. The summed E-state index contributed by atoms with van der Waals surface area (Å²) in [5.41, 5.74) is 1.31. The molecule has 1 saturated heterocycles. The number of aliphatic imine (C=N–C) groups is 1. The van der Waals surface area contributed by atoms with Crippen molar-refractivity contribution in [3.05, 3.63) is 41.9 Å². The molecule has 2 aromatic rings. The molecule has 3 rings (SSSR count). The van der Waals surface area contributed by atoms with Gasteiger partial charge in [0.2, 0.25) is 0 Å². The first-order valence-electron chi connectivity index (χ1n) is 9.14. The molecule has 0 saturated carbocycles. The molecule has 1 aromatic heterocycles. The molecule has 27 heavy (non-hydrogen) atoms. The molecule has 2 heterocycles. The zero-order chi connectivity index (χ0) is 18.0. The first-order chi connectivity index (χ1) is 12.8. The molecular weight excluding hydrogens is 489 g/mol. The van der Waals surface area contributed by atoms with Crippen LogP contribution < -0.4 is 15.5 Å². The largest absolute Gasteiger partial charge is 0.369 e. The fourth-order valence-electron chi connectivity index (χ4n) is 3.08. The van der Waals surface area contributed by atoms with Gasteiger partial charge < -0.3 is 15.5 Å². The Morgan fingerprint density at radius 2 is 2.22 bits per heavy atom. The van der Waals surface area contributed by atoms with Crippen molar-refractivity contribution < 1.29 is 0 Å². The third kappa shape index (κ3) is 7.50. The summed E-state index contributed by atoms with van der Waals surface area (Å²) in [6, 6.07) is 11.1. The van der Waals surface area contributed by atoms with E-state index < -0.39 is 0 Å². The standard InChI is InChI=1S/C19H27N5S2.HI/c1-20-18(21-10-6-13-25-19-22-11-14-26-19)23-16-7-5-12-24(15-16)17-8-3-2-4-9-17;/h2-4,8-9,11,14,16H,5-7,10,12-13,15H2,1H3,(H2,20,21,23);1H. The van der Waals surface area contributed by atoms with Crippen molar-refractivity contribution in [1.82, 2.24) is 15.6 Å². The van der Waals surface area contributed by atoms with Gasteiger partial charge in [0.15, 0.2) is 5.96 Å². The Morgan fingerprint density at radius 3 is 2.96 bits per heavy atom. The topological polar surface area (TPSA) is 52.6 Å². The van der Waals surface area contributed by atoms with Gasteiger partial charge in [0, 0.05) is 55.7 Å². The van der Waals surface area contributed by atoms with E-state index in [-0.39, 0.29) is 24.0 Å². The van der Waals surface area contributed by atoms with Gasteiger partial charge in [0.1, 0.15) is 4.34 Å². The van der Waals surface area contributed by atoms with Crippen molar-refractivity contribution in [2.45, 2.75) is 29.6 Å². The van der Waals surface area contributed by atoms with Crippen molar-refractivity contribution in [2.75, 3.05) is 37.3 Å². The fourth-order valence-corrected chi connectivity index (χ4v) is 4.72. The van der Waals surface area contributed by atoms with Crippen LogP contribution in [0.25, 0.3) is 0 Å². The van der Waals surface area contributed by atoms with Crippen molar-refractivity contribution in [3.63, 3.8) is 0 Å². The van der Waals surface area contributed by atoms with E-state index in [0.29, 0.717) is 6.04 Å². The molecule has 0 amide bonds. The monoisotopic (exact) mass is 517 g/mol. The number of aromatic nitrogens is 1. The van der Waals surface area contributed by atoms with Gasteiger partial charge >= 0.3 is 0 Å². The van der Waals surface area contributed by atoms with Gasteiger partial charge in [-0.05, 0) is 31.4 Å². The van der Waals surface area contributed by atoms with Crippen LogP contribution in [0.1, 0.15) is 19.3 Å². The van der Waals surface area contributed by atoms with Gasteiger partial charge in [0.05, 0.1) is 0 Å². The lowest BCUT2D eigenvalue weighted by Gasteiger charge is -2.35. The van der Waals surface area contributed by atoms with Gasteiger partial charge in [-0.2, -0.15) is 0 Å². The SMILES string of the molecule is CN=C(NCCCSc1nccs1)NC1CCCN(c2ccccc2)C1.I. The van der Waals surface area contributed by atoms with E-state index in [4.69, 9.17) is 0 Å². The highest BCUT2D eigenvalue weighted by atomic mass is 127. The summed E-state index contributed by atoms with van der Waals surface area (Å²) in [6.45, 7) is 3.07. The number of piperidine rings is 1. The quantitative estimate of drug-likeness (QED) is 0.191.